The van der Waals surface area contributed by atoms with E-state index in [9.17, 15) is 0 Å². The Labute approximate surface area is 109 Å². The number of H-pyrrole nitrogens is 1. The highest BCUT2D eigenvalue weighted by Gasteiger charge is 2.20. The molecular weight excluding hydrogens is 258 g/mol. The normalized spacial score (nSPS) is 16.7. The molecule has 1 aliphatic heterocycles. The summed E-state index contributed by atoms with van der Waals surface area (Å²) in [6.45, 7) is 2.12. The van der Waals surface area contributed by atoms with E-state index in [4.69, 9.17) is 0 Å². The van der Waals surface area contributed by atoms with Gasteiger partial charge in [0.05, 0.1) is 0 Å². The molecule has 17 heavy (non-hydrogen) atoms. The van der Waals surface area contributed by atoms with Gasteiger partial charge >= 0.3 is 0 Å². The minimum absolute atomic E-state index is 0. The van der Waals surface area contributed by atoms with E-state index in [1.54, 1.807) is 17.5 Å². The molecule has 0 radical (unpaired) electrons. The van der Waals surface area contributed by atoms with Crippen molar-refractivity contribution in [1.82, 2.24) is 25.5 Å². The first-order valence-corrected chi connectivity index (χ1v) is 6.34. The number of nitrogens with zero attached hydrogens (tertiary/aromatic N) is 3. The summed E-state index contributed by atoms with van der Waals surface area (Å²) in [6.07, 6.45) is 4.02. The van der Waals surface area contributed by atoms with Crippen LogP contribution in [0.5, 0.6) is 0 Å². The maximum Gasteiger partial charge on any atom is 0.184 e. The van der Waals surface area contributed by atoms with Crippen LogP contribution in [0.25, 0.3) is 10.8 Å². The van der Waals surface area contributed by atoms with E-state index in [0.717, 1.165) is 42.6 Å². The van der Waals surface area contributed by atoms with Crippen molar-refractivity contribution in [1.29, 1.82) is 0 Å². The Balaban J connectivity index is 0.00000108. The number of rotatable bonds is 2. The molecule has 3 rings (SSSR count). The molecule has 2 N–H and O–H groups in total. The highest BCUT2D eigenvalue weighted by atomic mass is 35.5. The minimum Gasteiger partial charge on any atom is -0.317 e. The zero-order chi connectivity index (χ0) is 10.8. The molecule has 2 aromatic heterocycles. The predicted octanol–water partition coefficient (Wildman–Crippen LogP) is 1.82. The van der Waals surface area contributed by atoms with Crippen LogP contribution in [-0.4, -0.2) is 33.3 Å². The Hall–Kier alpha value is -0.980. The zero-order valence-corrected chi connectivity index (χ0v) is 10.9. The van der Waals surface area contributed by atoms with E-state index >= 15 is 0 Å². The zero-order valence-electron chi connectivity index (χ0n) is 9.22. The molecule has 0 spiro atoms. The summed E-state index contributed by atoms with van der Waals surface area (Å²) >= 11 is 1.58. The first kappa shape index (κ1) is 12.5. The highest BCUT2D eigenvalue weighted by molar-refractivity contribution is 7.12. The van der Waals surface area contributed by atoms with E-state index < -0.39 is 0 Å². The van der Waals surface area contributed by atoms with Crippen LogP contribution < -0.4 is 5.32 Å². The molecule has 7 heteroatoms. The molecule has 5 nitrogen and oxygen atoms in total. The van der Waals surface area contributed by atoms with Crippen molar-refractivity contribution in [2.45, 2.75) is 18.8 Å². The summed E-state index contributed by atoms with van der Waals surface area (Å²) in [6, 6.07) is 0. The SMILES string of the molecule is Cl.c1csc(-c2nc(C3CCNCC3)n[nH]2)n1. The summed E-state index contributed by atoms with van der Waals surface area (Å²) in [4.78, 5) is 8.75. The second kappa shape index (κ2) is 5.57. The number of hydrogen-bond acceptors (Lipinski definition) is 5. The summed E-state index contributed by atoms with van der Waals surface area (Å²) in [5.74, 6) is 2.22. The van der Waals surface area contributed by atoms with E-state index in [1.165, 1.54) is 0 Å². The lowest BCUT2D eigenvalue weighted by Crippen LogP contribution is -2.27. The largest absolute Gasteiger partial charge is 0.317 e. The number of aromatic nitrogens is 4. The van der Waals surface area contributed by atoms with Crippen LogP contribution >= 0.6 is 23.7 Å². The van der Waals surface area contributed by atoms with E-state index in [1.807, 2.05) is 5.38 Å². The molecule has 3 heterocycles. The van der Waals surface area contributed by atoms with Crippen molar-refractivity contribution in [3.8, 4) is 10.8 Å². The smallest absolute Gasteiger partial charge is 0.184 e. The maximum atomic E-state index is 4.53. The molecule has 0 bridgehead atoms. The van der Waals surface area contributed by atoms with Gasteiger partial charge in [0.15, 0.2) is 16.7 Å². The summed E-state index contributed by atoms with van der Waals surface area (Å²) in [5, 5.41) is 13.5. The van der Waals surface area contributed by atoms with E-state index in [2.05, 4.69) is 25.5 Å². The number of hydrogen-bond donors (Lipinski definition) is 2. The molecule has 1 saturated heterocycles. The third kappa shape index (κ3) is 2.65. The lowest BCUT2D eigenvalue weighted by molar-refractivity contribution is 0.446. The van der Waals surface area contributed by atoms with Gasteiger partial charge in [-0.05, 0) is 25.9 Å². The second-order valence-electron chi connectivity index (χ2n) is 3.90. The van der Waals surface area contributed by atoms with Crippen LogP contribution in [0.4, 0.5) is 0 Å². The number of thiazole rings is 1. The fourth-order valence-electron chi connectivity index (χ4n) is 1.97. The van der Waals surface area contributed by atoms with Crippen molar-refractivity contribution in [3.05, 3.63) is 17.4 Å². The molecular formula is C10H14ClN5S. The van der Waals surface area contributed by atoms with Crippen LogP contribution in [0, 0.1) is 0 Å². The average Bonchev–Trinajstić information content (AvgIpc) is 3.01. The van der Waals surface area contributed by atoms with Gasteiger partial charge in [-0.2, -0.15) is 5.10 Å². The summed E-state index contributed by atoms with van der Waals surface area (Å²) in [5.41, 5.74) is 0. The fourth-order valence-corrected chi connectivity index (χ4v) is 2.55. The van der Waals surface area contributed by atoms with Gasteiger partial charge in [0.1, 0.15) is 0 Å². The van der Waals surface area contributed by atoms with Gasteiger partial charge in [0, 0.05) is 17.5 Å². The third-order valence-corrected chi connectivity index (χ3v) is 3.62. The first-order chi connectivity index (χ1) is 7.93. The molecule has 0 amide bonds. The van der Waals surface area contributed by atoms with Crippen LogP contribution in [0.15, 0.2) is 11.6 Å². The molecule has 0 aliphatic carbocycles. The van der Waals surface area contributed by atoms with Gasteiger partial charge in [0.25, 0.3) is 0 Å². The Kier molecular flexibility index (Phi) is 4.09. The van der Waals surface area contributed by atoms with Crippen LogP contribution in [-0.2, 0) is 0 Å². The fraction of sp³-hybridized carbons (Fsp3) is 0.500. The van der Waals surface area contributed by atoms with Gasteiger partial charge in [-0.1, -0.05) is 0 Å². The number of aromatic amines is 1. The standard InChI is InChI=1S/C10H13N5S.ClH/c1-3-11-4-2-7(1)8-13-9(15-14-8)10-12-5-6-16-10;/h5-7,11H,1-4H2,(H,13,14,15);1H. The molecule has 92 valence electrons. The summed E-state index contributed by atoms with van der Waals surface area (Å²) < 4.78 is 0. The van der Waals surface area contributed by atoms with E-state index in [0.29, 0.717) is 5.92 Å². The molecule has 0 unspecified atom stereocenters. The van der Waals surface area contributed by atoms with Crippen LogP contribution in [0.1, 0.15) is 24.6 Å². The molecule has 0 atom stereocenters. The Morgan fingerprint density at radius 2 is 2.12 bits per heavy atom. The lowest BCUT2D eigenvalue weighted by atomic mass is 9.98. The van der Waals surface area contributed by atoms with E-state index in [-0.39, 0.29) is 12.4 Å². The minimum atomic E-state index is 0. The van der Waals surface area contributed by atoms with Crippen molar-refractivity contribution in [2.24, 2.45) is 0 Å². The Morgan fingerprint density at radius 3 is 2.82 bits per heavy atom. The quantitative estimate of drug-likeness (QED) is 0.874. The average molecular weight is 272 g/mol. The van der Waals surface area contributed by atoms with Crippen LogP contribution in [0.3, 0.4) is 0 Å². The molecule has 1 fully saturated rings. The first-order valence-electron chi connectivity index (χ1n) is 5.46. The lowest BCUT2D eigenvalue weighted by Gasteiger charge is -2.19. The Bertz CT molecular complexity index is 449. The topological polar surface area (TPSA) is 66.5 Å². The number of piperidine rings is 1. The highest BCUT2D eigenvalue weighted by Crippen LogP contribution is 2.24. The molecule has 0 aromatic carbocycles. The predicted molar refractivity (Wildman–Crippen MR) is 69.6 cm³/mol. The second-order valence-corrected chi connectivity index (χ2v) is 4.80. The Morgan fingerprint density at radius 1 is 1.29 bits per heavy atom. The van der Waals surface area contributed by atoms with Gasteiger partial charge in [0.2, 0.25) is 0 Å². The third-order valence-electron chi connectivity index (χ3n) is 2.84. The van der Waals surface area contributed by atoms with Crippen molar-refractivity contribution in [2.75, 3.05) is 13.1 Å². The maximum absolute atomic E-state index is 4.53. The monoisotopic (exact) mass is 271 g/mol. The van der Waals surface area contributed by atoms with Crippen molar-refractivity contribution in [3.63, 3.8) is 0 Å². The van der Waals surface area contributed by atoms with Gasteiger partial charge in [-0.15, -0.1) is 23.7 Å². The molecule has 0 saturated carbocycles. The van der Waals surface area contributed by atoms with Gasteiger partial charge < -0.3 is 5.32 Å². The molecule has 2 aromatic rings. The molecule has 1 aliphatic rings. The number of halogens is 1. The van der Waals surface area contributed by atoms with Crippen molar-refractivity contribution >= 4 is 23.7 Å². The van der Waals surface area contributed by atoms with Gasteiger partial charge in [-0.25, -0.2) is 9.97 Å². The summed E-state index contributed by atoms with van der Waals surface area (Å²) in [7, 11) is 0. The van der Waals surface area contributed by atoms with Gasteiger partial charge in [-0.3, -0.25) is 5.10 Å². The van der Waals surface area contributed by atoms with Crippen LogP contribution in [0.2, 0.25) is 0 Å². The number of nitrogens with one attached hydrogen (secondary N) is 2. The van der Waals surface area contributed by atoms with Crippen molar-refractivity contribution < 1.29 is 0 Å².